The predicted octanol–water partition coefficient (Wildman–Crippen LogP) is 5.38. The number of nitriles is 1. The van der Waals surface area contributed by atoms with Crippen LogP contribution < -0.4 is 4.72 Å². The largest absolute Gasteiger partial charge is 0.478 e. The summed E-state index contributed by atoms with van der Waals surface area (Å²) in [5.74, 6) is -0.435. The minimum atomic E-state index is -0.936. The number of anilines is 1. The van der Waals surface area contributed by atoms with Gasteiger partial charge in [0, 0.05) is 22.0 Å². The zero-order chi connectivity index (χ0) is 18.8. The minimum Gasteiger partial charge on any atom is -0.478 e. The van der Waals surface area contributed by atoms with Gasteiger partial charge in [-0.05, 0) is 66.6 Å². The number of rotatable bonds is 6. The van der Waals surface area contributed by atoms with Crippen molar-refractivity contribution in [3.8, 4) is 16.6 Å². The first-order valence-electron chi connectivity index (χ1n) is 8.40. The van der Waals surface area contributed by atoms with Crippen LogP contribution in [0, 0.1) is 11.3 Å². The maximum atomic E-state index is 11.3. The molecule has 1 aliphatic carbocycles. The van der Waals surface area contributed by atoms with Crippen molar-refractivity contribution in [3.63, 3.8) is 0 Å². The second-order valence-corrected chi connectivity index (χ2v) is 7.99. The zero-order valence-corrected chi connectivity index (χ0v) is 15.8. The van der Waals surface area contributed by atoms with Gasteiger partial charge >= 0.3 is 5.97 Å². The van der Waals surface area contributed by atoms with Crippen LogP contribution in [-0.2, 0) is 0 Å². The summed E-state index contributed by atoms with van der Waals surface area (Å²) in [6, 6.07) is 12.9. The van der Waals surface area contributed by atoms with Gasteiger partial charge in [0.15, 0.2) is 0 Å². The number of hydrogen-bond donors (Lipinski definition) is 2. The number of hydrogen-bond acceptors (Lipinski definition) is 6. The van der Waals surface area contributed by atoms with Crippen LogP contribution in [0.15, 0.2) is 52.9 Å². The molecule has 27 heavy (non-hydrogen) atoms. The fraction of sp³-hybridized carbons (Fsp3) is 0.150. The summed E-state index contributed by atoms with van der Waals surface area (Å²) in [5.41, 5.74) is 3.70. The third kappa shape index (κ3) is 3.82. The summed E-state index contributed by atoms with van der Waals surface area (Å²) in [7, 11) is 0. The van der Waals surface area contributed by atoms with Crippen LogP contribution in [0.3, 0.4) is 0 Å². The fourth-order valence-electron chi connectivity index (χ4n) is 2.84. The summed E-state index contributed by atoms with van der Waals surface area (Å²) in [5, 5.41) is 21.3. The molecule has 1 aromatic heterocycles. The van der Waals surface area contributed by atoms with Gasteiger partial charge in [-0.3, -0.25) is 0 Å². The van der Waals surface area contributed by atoms with Crippen LogP contribution in [0.5, 0.6) is 0 Å². The third-order valence-electron chi connectivity index (χ3n) is 4.36. The highest BCUT2D eigenvalue weighted by Crippen LogP contribution is 2.45. The SMILES string of the molecule is N#Cc1ccc(-c2nccs2)c(NSc2cc(C(=O)O)ccc2C2CC2)c1. The van der Waals surface area contributed by atoms with E-state index in [2.05, 4.69) is 15.8 Å². The molecule has 2 N–H and O–H groups in total. The average Bonchev–Trinajstić information content (AvgIpc) is 3.39. The van der Waals surface area contributed by atoms with Crippen molar-refractivity contribution < 1.29 is 9.90 Å². The molecule has 0 amide bonds. The number of nitrogens with zero attached hydrogens (tertiary/aromatic N) is 2. The highest BCUT2D eigenvalue weighted by atomic mass is 32.2. The normalized spacial score (nSPS) is 13.1. The van der Waals surface area contributed by atoms with E-state index >= 15 is 0 Å². The van der Waals surface area contributed by atoms with Crippen LogP contribution in [-0.4, -0.2) is 16.1 Å². The lowest BCUT2D eigenvalue weighted by molar-refractivity contribution is 0.0696. The van der Waals surface area contributed by atoms with E-state index in [1.807, 2.05) is 17.5 Å². The van der Waals surface area contributed by atoms with Gasteiger partial charge < -0.3 is 9.83 Å². The van der Waals surface area contributed by atoms with Crippen molar-refractivity contribution in [1.82, 2.24) is 4.98 Å². The lowest BCUT2D eigenvalue weighted by Crippen LogP contribution is -1.99. The van der Waals surface area contributed by atoms with Crippen molar-refractivity contribution in [2.24, 2.45) is 0 Å². The molecule has 0 atom stereocenters. The molecule has 7 heteroatoms. The summed E-state index contributed by atoms with van der Waals surface area (Å²) in [6.45, 7) is 0. The van der Waals surface area contributed by atoms with E-state index in [0.717, 1.165) is 34.0 Å². The number of aromatic carboxylic acids is 1. The lowest BCUT2D eigenvalue weighted by Gasteiger charge is -2.13. The number of nitrogens with one attached hydrogen (secondary N) is 1. The van der Waals surface area contributed by atoms with E-state index < -0.39 is 5.97 Å². The lowest BCUT2D eigenvalue weighted by atomic mass is 10.1. The van der Waals surface area contributed by atoms with Gasteiger partial charge in [-0.15, -0.1) is 11.3 Å². The quantitative estimate of drug-likeness (QED) is 0.547. The molecule has 0 aliphatic heterocycles. The van der Waals surface area contributed by atoms with Gasteiger partial charge in [-0.2, -0.15) is 5.26 Å². The van der Waals surface area contributed by atoms with E-state index in [1.54, 1.807) is 30.5 Å². The number of thiazole rings is 1. The molecule has 0 radical (unpaired) electrons. The molecule has 2 aromatic carbocycles. The number of aromatic nitrogens is 1. The number of carboxylic acids is 1. The molecular formula is C20H15N3O2S2. The Hall–Kier alpha value is -2.82. The van der Waals surface area contributed by atoms with Crippen LogP contribution >= 0.6 is 23.3 Å². The van der Waals surface area contributed by atoms with Gasteiger partial charge in [0.05, 0.1) is 22.9 Å². The third-order valence-corrected chi connectivity index (χ3v) is 6.06. The number of benzene rings is 2. The molecule has 3 aromatic rings. The zero-order valence-electron chi connectivity index (χ0n) is 14.2. The number of carboxylic acid groups (broad SMARTS) is 1. The second kappa shape index (κ2) is 7.43. The first-order chi connectivity index (χ1) is 13.2. The smallest absolute Gasteiger partial charge is 0.335 e. The molecule has 134 valence electrons. The minimum absolute atomic E-state index is 0.273. The summed E-state index contributed by atoms with van der Waals surface area (Å²) >= 11 is 2.91. The maximum Gasteiger partial charge on any atom is 0.335 e. The topological polar surface area (TPSA) is 86.0 Å². The molecule has 1 heterocycles. The van der Waals surface area contributed by atoms with Crippen molar-refractivity contribution in [1.29, 1.82) is 5.26 Å². The van der Waals surface area contributed by atoms with E-state index in [1.165, 1.54) is 28.8 Å². The van der Waals surface area contributed by atoms with E-state index in [9.17, 15) is 15.2 Å². The highest BCUT2D eigenvalue weighted by molar-refractivity contribution is 8.00. The fourth-order valence-corrected chi connectivity index (χ4v) is 4.44. The molecule has 5 nitrogen and oxygen atoms in total. The Bertz CT molecular complexity index is 1040. The highest BCUT2D eigenvalue weighted by Gasteiger charge is 2.27. The van der Waals surface area contributed by atoms with Crippen molar-refractivity contribution in [2.45, 2.75) is 23.7 Å². The van der Waals surface area contributed by atoms with Crippen LogP contribution in [0.4, 0.5) is 5.69 Å². The molecule has 4 rings (SSSR count). The molecule has 0 unspecified atom stereocenters. The molecule has 1 saturated carbocycles. The first-order valence-corrected chi connectivity index (χ1v) is 10.1. The Kier molecular flexibility index (Phi) is 4.84. The summed E-state index contributed by atoms with van der Waals surface area (Å²) in [6.07, 6.45) is 4.01. The van der Waals surface area contributed by atoms with E-state index in [0.29, 0.717) is 11.5 Å². The summed E-state index contributed by atoms with van der Waals surface area (Å²) in [4.78, 5) is 16.6. The van der Waals surface area contributed by atoms with Crippen LogP contribution in [0.2, 0.25) is 0 Å². The van der Waals surface area contributed by atoms with Crippen LogP contribution in [0.1, 0.15) is 40.2 Å². The Labute approximate surface area is 164 Å². The average molecular weight is 393 g/mol. The van der Waals surface area contributed by atoms with Crippen LogP contribution in [0.25, 0.3) is 10.6 Å². The van der Waals surface area contributed by atoms with Gasteiger partial charge in [0.25, 0.3) is 0 Å². The van der Waals surface area contributed by atoms with Crippen molar-refractivity contribution in [2.75, 3.05) is 4.72 Å². The predicted molar refractivity (Wildman–Crippen MR) is 107 cm³/mol. The van der Waals surface area contributed by atoms with E-state index in [4.69, 9.17) is 0 Å². The maximum absolute atomic E-state index is 11.3. The molecule has 1 aliphatic rings. The molecule has 1 fully saturated rings. The van der Waals surface area contributed by atoms with Gasteiger partial charge in [-0.25, -0.2) is 9.78 Å². The molecule has 0 saturated heterocycles. The van der Waals surface area contributed by atoms with Gasteiger partial charge in [-0.1, -0.05) is 6.07 Å². The Morgan fingerprint density at radius 3 is 2.81 bits per heavy atom. The van der Waals surface area contributed by atoms with Crippen molar-refractivity contribution in [3.05, 3.63) is 64.7 Å². The van der Waals surface area contributed by atoms with Gasteiger partial charge in [0.2, 0.25) is 0 Å². The second-order valence-electron chi connectivity index (χ2n) is 6.25. The number of carbonyl (C=O) groups is 1. The monoisotopic (exact) mass is 393 g/mol. The Morgan fingerprint density at radius 1 is 1.30 bits per heavy atom. The molecular weight excluding hydrogens is 378 g/mol. The van der Waals surface area contributed by atoms with Crippen molar-refractivity contribution >= 4 is 34.9 Å². The van der Waals surface area contributed by atoms with E-state index in [-0.39, 0.29) is 5.56 Å². The standard InChI is InChI=1S/C20H15N3O2S2/c21-11-12-1-5-16(19-22-7-8-26-19)17(9-12)23-27-18-10-14(20(24)25)4-6-15(18)13-2-3-13/h1,4-10,13,23H,2-3H2,(H,24,25). The Balaban J connectivity index is 1.66. The molecule has 0 spiro atoms. The molecule has 0 bridgehead atoms. The first kappa shape index (κ1) is 17.6. The Morgan fingerprint density at radius 2 is 2.15 bits per heavy atom. The summed E-state index contributed by atoms with van der Waals surface area (Å²) < 4.78 is 3.32. The van der Waals surface area contributed by atoms with Gasteiger partial charge in [0.1, 0.15) is 5.01 Å².